The van der Waals surface area contributed by atoms with E-state index >= 15 is 0 Å². The number of amides is 1. The van der Waals surface area contributed by atoms with E-state index in [1.807, 2.05) is 48.2 Å². The molecule has 2 aromatic carbocycles. The lowest BCUT2D eigenvalue weighted by atomic mass is 10.1. The minimum Gasteiger partial charge on any atom is -0.321 e. The maximum Gasteiger partial charge on any atom is 0.236 e. The molecule has 0 unspecified atom stereocenters. The Bertz CT molecular complexity index is 584. The summed E-state index contributed by atoms with van der Waals surface area (Å²) in [5, 5.41) is 0.155. The molecule has 2 atom stereocenters. The first-order valence-electron chi connectivity index (χ1n) is 6.80. The van der Waals surface area contributed by atoms with Gasteiger partial charge in [-0.2, -0.15) is 0 Å². The highest BCUT2D eigenvalue weighted by molar-refractivity contribution is 8.01. The van der Waals surface area contributed by atoms with Gasteiger partial charge in [-0.15, -0.1) is 11.8 Å². The van der Waals surface area contributed by atoms with Gasteiger partial charge in [0, 0.05) is 6.54 Å². The predicted octanol–water partition coefficient (Wildman–Crippen LogP) is 3.85. The Morgan fingerprint density at radius 3 is 2.25 bits per heavy atom. The number of hydrogen-bond acceptors (Lipinski definition) is 2. The molecule has 0 aliphatic carbocycles. The smallest absolute Gasteiger partial charge is 0.236 e. The fourth-order valence-corrected chi connectivity index (χ4v) is 3.77. The van der Waals surface area contributed by atoms with Crippen LogP contribution in [0.5, 0.6) is 0 Å². The van der Waals surface area contributed by atoms with Crippen LogP contribution < -0.4 is 0 Å². The molecular formula is C17H17NOS. The van der Waals surface area contributed by atoms with Gasteiger partial charge in [0.25, 0.3) is 0 Å². The second-order valence-corrected chi connectivity index (χ2v) is 6.42. The van der Waals surface area contributed by atoms with E-state index in [0.29, 0.717) is 6.54 Å². The monoisotopic (exact) mass is 283 g/mol. The van der Waals surface area contributed by atoms with Crippen LogP contribution >= 0.6 is 11.8 Å². The average Bonchev–Trinajstić information content (AvgIpc) is 2.78. The van der Waals surface area contributed by atoms with Crippen LogP contribution in [0.4, 0.5) is 0 Å². The average molecular weight is 283 g/mol. The van der Waals surface area contributed by atoms with Crippen LogP contribution in [0.1, 0.15) is 23.4 Å². The van der Waals surface area contributed by atoms with E-state index in [1.54, 1.807) is 11.8 Å². The maximum atomic E-state index is 12.4. The highest BCUT2D eigenvalue weighted by Gasteiger charge is 2.38. The van der Waals surface area contributed by atoms with Crippen molar-refractivity contribution in [3.8, 4) is 0 Å². The molecule has 3 heteroatoms. The van der Waals surface area contributed by atoms with Crippen molar-refractivity contribution in [1.82, 2.24) is 4.90 Å². The molecule has 102 valence electrons. The van der Waals surface area contributed by atoms with Crippen molar-refractivity contribution in [3.05, 3.63) is 71.8 Å². The molecule has 1 aliphatic rings. The minimum absolute atomic E-state index is 0.0314. The molecule has 20 heavy (non-hydrogen) atoms. The summed E-state index contributed by atoms with van der Waals surface area (Å²) in [6.07, 6.45) is 0. The van der Waals surface area contributed by atoms with Gasteiger partial charge in [0.1, 0.15) is 5.37 Å². The van der Waals surface area contributed by atoms with Crippen LogP contribution in [0.3, 0.4) is 0 Å². The molecule has 0 saturated carbocycles. The molecule has 0 spiro atoms. The Morgan fingerprint density at radius 1 is 1.00 bits per heavy atom. The van der Waals surface area contributed by atoms with Gasteiger partial charge in [0.05, 0.1) is 5.25 Å². The molecule has 0 radical (unpaired) electrons. The molecule has 0 N–H and O–H groups in total. The lowest BCUT2D eigenvalue weighted by Gasteiger charge is -2.24. The van der Waals surface area contributed by atoms with E-state index in [-0.39, 0.29) is 16.5 Å². The summed E-state index contributed by atoms with van der Waals surface area (Å²) in [6, 6.07) is 20.5. The summed E-state index contributed by atoms with van der Waals surface area (Å²) < 4.78 is 0. The van der Waals surface area contributed by atoms with Crippen LogP contribution in [0, 0.1) is 0 Å². The van der Waals surface area contributed by atoms with Crippen molar-refractivity contribution in [2.24, 2.45) is 0 Å². The van der Waals surface area contributed by atoms with Gasteiger partial charge in [0.15, 0.2) is 0 Å². The van der Waals surface area contributed by atoms with Crippen molar-refractivity contribution in [3.63, 3.8) is 0 Å². The van der Waals surface area contributed by atoms with E-state index in [1.165, 1.54) is 11.1 Å². The van der Waals surface area contributed by atoms with Gasteiger partial charge in [0.2, 0.25) is 5.91 Å². The third-order valence-corrected chi connectivity index (χ3v) is 4.92. The van der Waals surface area contributed by atoms with Gasteiger partial charge >= 0.3 is 0 Å². The molecule has 2 aromatic rings. The van der Waals surface area contributed by atoms with Gasteiger partial charge < -0.3 is 4.90 Å². The van der Waals surface area contributed by atoms with E-state index in [4.69, 9.17) is 0 Å². The zero-order chi connectivity index (χ0) is 13.9. The molecule has 1 saturated heterocycles. The highest BCUT2D eigenvalue weighted by atomic mass is 32.2. The minimum atomic E-state index is 0.0314. The Hall–Kier alpha value is -1.74. The fraction of sp³-hybridized carbons (Fsp3) is 0.235. The Labute approximate surface area is 123 Å². The van der Waals surface area contributed by atoms with Crippen molar-refractivity contribution < 1.29 is 4.79 Å². The Kier molecular flexibility index (Phi) is 3.79. The summed E-state index contributed by atoms with van der Waals surface area (Å²) in [4.78, 5) is 14.4. The maximum absolute atomic E-state index is 12.4. The summed E-state index contributed by atoms with van der Waals surface area (Å²) in [6.45, 7) is 2.67. The molecule has 1 heterocycles. The Balaban J connectivity index is 1.87. The number of carbonyl (C=O) groups is 1. The normalized spacial score (nSPS) is 22.2. The number of thioether (sulfide) groups is 1. The standard InChI is InChI=1S/C17H17NOS/c1-13-16(19)18(12-14-8-4-2-5-9-14)17(20-13)15-10-6-3-7-11-15/h2-11,13,17H,12H2,1H3/t13-,17+/m1/s1. The van der Waals surface area contributed by atoms with Gasteiger partial charge in [-0.25, -0.2) is 0 Å². The molecule has 1 aliphatic heterocycles. The molecule has 0 bridgehead atoms. The molecule has 0 aromatic heterocycles. The van der Waals surface area contributed by atoms with E-state index in [0.717, 1.165) is 0 Å². The first-order chi connectivity index (χ1) is 9.75. The van der Waals surface area contributed by atoms with E-state index < -0.39 is 0 Å². The second kappa shape index (κ2) is 5.71. The highest BCUT2D eigenvalue weighted by Crippen LogP contribution is 2.43. The van der Waals surface area contributed by atoms with Crippen molar-refractivity contribution in [1.29, 1.82) is 0 Å². The lowest BCUT2D eigenvalue weighted by Crippen LogP contribution is -2.29. The van der Waals surface area contributed by atoms with Crippen molar-refractivity contribution in [2.45, 2.75) is 24.1 Å². The molecular weight excluding hydrogens is 266 g/mol. The third kappa shape index (κ3) is 2.59. The number of nitrogens with zero attached hydrogens (tertiary/aromatic N) is 1. The van der Waals surface area contributed by atoms with Crippen LogP contribution in [0.25, 0.3) is 0 Å². The van der Waals surface area contributed by atoms with Gasteiger partial charge in [-0.3, -0.25) is 4.79 Å². The zero-order valence-corrected chi connectivity index (χ0v) is 12.2. The van der Waals surface area contributed by atoms with Crippen LogP contribution in [-0.2, 0) is 11.3 Å². The number of rotatable bonds is 3. The first-order valence-corrected chi connectivity index (χ1v) is 7.75. The summed E-state index contributed by atoms with van der Waals surface area (Å²) >= 11 is 1.73. The van der Waals surface area contributed by atoms with Crippen molar-refractivity contribution >= 4 is 17.7 Å². The van der Waals surface area contributed by atoms with E-state index in [2.05, 4.69) is 24.3 Å². The molecule has 1 fully saturated rings. The molecule has 1 amide bonds. The zero-order valence-electron chi connectivity index (χ0n) is 11.4. The summed E-state index contributed by atoms with van der Waals surface area (Å²) in [5.41, 5.74) is 2.38. The lowest BCUT2D eigenvalue weighted by molar-refractivity contribution is -0.130. The summed E-state index contributed by atoms with van der Waals surface area (Å²) in [5.74, 6) is 0.229. The third-order valence-electron chi connectivity index (χ3n) is 3.53. The van der Waals surface area contributed by atoms with Crippen LogP contribution in [-0.4, -0.2) is 16.1 Å². The molecule has 3 rings (SSSR count). The molecule has 2 nitrogen and oxygen atoms in total. The topological polar surface area (TPSA) is 20.3 Å². The van der Waals surface area contributed by atoms with Gasteiger partial charge in [-0.05, 0) is 18.1 Å². The van der Waals surface area contributed by atoms with Crippen LogP contribution in [0.2, 0.25) is 0 Å². The fourth-order valence-electron chi connectivity index (χ4n) is 2.49. The quantitative estimate of drug-likeness (QED) is 0.853. The number of carbonyl (C=O) groups excluding carboxylic acids is 1. The van der Waals surface area contributed by atoms with E-state index in [9.17, 15) is 4.79 Å². The Morgan fingerprint density at radius 2 is 1.60 bits per heavy atom. The number of hydrogen-bond donors (Lipinski definition) is 0. The SMILES string of the molecule is C[C@H]1S[C@@H](c2ccccc2)N(Cc2ccccc2)C1=O. The first kappa shape index (κ1) is 13.3. The van der Waals surface area contributed by atoms with Crippen LogP contribution in [0.15, 0.2) is 60.7 Å². The van der Waals surface area contributed by atoms with Crippen molar-refractivity contribution in [2.75, 3.05) is 0 Å². The second-order valence-electron chi connectivity index (χ2n) is 4.99. The van der Waals surface area contributed by atoms with Gasteiger partial charge in [-0.1, -0.05) is 60.7 Å². The number of benzene rings is 2. The largest absolute Gasteiger partial charge is 0.321 e. The predicted molar refractivity (Wildman–Crippen MR) is 83.2 cm³/mol. The summed E-state index contributed by atoms with van der Waals surface area (Å²) in [7, 11) is 0.